The third-order valence-corrected chi connectivity index (χ3v) is 6.45. The standard InChI is InChI=1S/C28H45N3O6/c1-11-17(3)23(30-27(35)37-28(7,8)9)26(34)31(20(6)12-2)24(25(33)29-16-21(32)36-10)22-18(4)14-13-15-19(22)5/h13-15,17,20,23-24H,11-12,16H2,1-10H3,(H,29,33)(H,30,35). The molecule has 1 aromatic carbocycles. The second-order valence-electron chi connectivity index (χ2n) is 10.5. The molecule has 37 heavy (non-hydrogen) atoms. The summed E-state index contributed by atoms with van der Waals surface area (Å²) in [5, 5.41) is 5.39. The van der Waals surface area contributed by atoms with Gasteiger partial charge in [-0.05, 0) is 70.6 Å². The number of ether oxygens (including phenoxy) is 2. The molecule has 0 bridgehead atoms. The average molecular weight is 520 g/mol. The molecule has 3 amide bonds. The van der Waals surface area contributed by atoms with Crippen molar-refractivity contribution in [1.29, 1.82) is 0 Å². The van der Waals surface area contributed by atoms with E-state index in [1.165, 1.54) is 12.0 Å². The van der Waals surface area contributed by atoms with Crippen molar-refractivity contribution in [3.8, 4) is 0 Å². The van der Waals surface area contributed by atoms with Crippen LogP contribution in [0.15, 0.2) is 18.2 Å². The predicted octanol–water partition coefficient (Wildman–Crippen LogP) is 4.20. The molecular formula is C28H45N3O6. The Kier molecular flexibility index (Phi) is 12.1. The average Bonchev–Trinajstić information content (AvgIpc) is 2.82. The van der Waals surface area contributed by atoms with E-state index in [-0.39, 0.29) is 18.5 Å². The number of amides is 3. The number of nitrogens with zero attached hydrogens (tertiary/aromatic N) is 1. The number of nitrogens with one attached hydrogen (secondary N) is 2. The lowest BCUT2D eigenvalue weighted by atomic mass is 9.90. The van der Waals surface area contributed by atoms with Gasteiger partial charge in [-0.1, -0.05) is 45.4 Å². The van der Waals surface area contributed by atoms with Crippen LogP contribution >= 0.6 is 0 Å². The topological polar surface area (TPSA) is 114 Å². The molecule has 0 aliphatic carbocycles. The Bertz CT molecular complexity index is 935. The number of carbonyl (C=O) groups excluding carboxylic acids is 4. The molecular weight excluding hydrogens is 474 g/mol. The van der Waals surface area contributed by atoms with Crippen molar-refractivity contribution in [2.75, 3.05) is 13.7 Å². The van der Waals surface area contributed by atoms with Crippen LogP contribution in [0.1, 0.15) is 84.0 Å². The van der Waals surface area contributed by atoms with Crippen LogP contribution in [0.5, 0.6) is 0 Å². The number of alkyl carbamates (subject to hydrolysis) is 1. The molecule has 0 spiro atoms. The SMILES string of the molecule is CCC(C)C(NC(=O)OC(C)(C)C)C(=O)N(C(C)CC)C(C(=O)NCC(=O)OC)c1c(C)cccc1C. The number of methoxy groups -OCH3 is 1. The Balaban J connectivity index is 3.66. The third-order valence-electron chi connectivity index (χ3n) is 6.45. The van der Waals surface area contributed by atoms with E-state index in [4.69, 9.17) is 4.74 Å². The molecule has 0 aliphatic heterocycles. The summed E-state index contributed by atoms with van der Waals surface area (Å²) < 4.78 is 10.1. The van der Waals surface area contributed by atoms with Gasteiger partial charge in [0, 0.05) is 6.04 Å². The van der Waals surface area contributed by atoms with E-state index in [0.717, 1.165) is 11.1 Å². The van der Waals surface area contributed by atoms with Crippen molar-refractivity contribution < 1.29 is 28.7 Å². The highest BCUT2D eigenvalue weighted by atomic mass is 16.6. The second-order valence-corrected chi connectivity index (χ2v) is 10.5. The minimum Gasteiger partial charge on any atom is -0.468 e. The predicted molar refractivity (Wildman–Crippen MR) is 143 cm³/mol. The van der Waals surface area contributed by atoms with Gasteiger partial charge in [0.1, 0.15) is 24.2 Å². The number of esters is 1. The first kappa shape index (κ1) is 31.9. The molecule has 2 N–H and O–H groups in total. The Hall–Kier alpha value is -3.10. The highest BCUT2D eigenvalue weighted by Crippen LogP contribution is 2.31. The van der Waals surface area contributed by atoms with Gasteiger partial charge in [0.05, 0.1) is 7.11 Å². The number of hydrogen-bond donors (Lipinski definition) is 2. The van der Waals surface area contributed by atoms with Crippen molar-refractivity contribution in [3.63, 3.8) is 0 Å². The summed E-state index contributed by atoms with van der Waals surface area (Å²) in [4.78, 5) is 54.0. The summed E-state index contributed by atoms with van der Waals surface area (Å²) in [7, 11) is 1.24. The van der Waals surface area contributed by atoms with E-state index in [1.807, 2.05) is 59.7 Å². The monoisotopic (exact) mass is 519 g/mol. The van der Waals surface area contributed by atoms with Gasteiger partial charge in [0.25, 0.3) is 0 Å². The molecule has 0 aromatic heterocycles. The summed E-state index contributed by atoms with van der Waals surface area (Å²) in [6, 6.07) is 3.35. The zero-order valence-electron chi connectivity index (χ0n) is 24.1. The van der Waals surface area contributed by atoms with E-state index in [9.17, 15) is 19.2 Å². The number of aryl methyl sites for hydroxylation is 2. The van der Waals surface area contributed by atoms with Crippen LogP contribution in [-0.4, -0.2) is 60.1 Å². The Morgan fingerprint density at radius 3 is 2.03 bits per heavy atom. The molecule has 4 unspecified atom stereocenters. The maximum atomic E-state index is 14.3. The molecule has 1 rings (SSSR count). The van der Waals surface area contributed by atoms with Crippen molar-refractivity contribution in [1.82, 2.24) is 15.5 Å². The van der Waals surface area contributed by atoms with Crippen LogP contribution < -0.4 is 10.6 Å². The first-order valence-corrected chi connectivity index (χ1v) is 12.9. The smallest absolute Gasteiger partial charge is 0.408 e. The second kappa shape index (κ2) is 14.0. The maximum absolute atomic E-state index is 14.3. The van der Waals surface area contributed by atoms with Crippen molar-refractivity contribution in [2.24, 2.45) is 5.92 Å². The lowest BCUT2D eigenvalue weighted by Crippen LogP contribution is -2.57. The molecule has 0 heterocycles. The molecule has 0 fully saturated rings. The summed E-state index contributed by atoms with van der Waals surface area (Å²) in [5.41, 5.74) is 1.61. The molecule has 0 saturated carbocycles. The van der Waals surface area contributed by atoms with E-state index in [1.54, 1.807) is 20.8 Å². The molecule has 9 nitrogen and oxygen atoms in total. The Morgan fingerprint density at radius 2 is 1.57 bits per heavy atom. The molecule has 9 heteroatoms. The van der Waals surface area contributed by atoms with Crippen LogP contribution in [-0.2, 0) is 23.9 Å². The van der Waals surface area contributed by atoms with E-state index < -0.39 is 41.6 Å². The summed E-state index contributed by atoms with van der Waals surface area (Å²) in [5.74, 6) is -1.73. The molecule has 1 aromatic rings. The van der Waals surface area contributed by atoms with Gasteiger partial charge in [-0.15, -0.1) is 0 Å². The summed E-state index contributed by atoms with van der Waals surface area (Å²) >= 11 is 0. The molecule has 0 saturated heterocycles. The largest absolute Gasteiger partial charge is 0.468 e. The van der Waals surface area contributed by atoms with E-state index in [2.05, 4.69) is 15.4 Å². The van der Waals surface area contributed by atoms with Crippen LogP contribution in [0.4, 0.5) is 4.79 Å². The van der Waals surface area contributed by atoms with Gasteiger partial charge < -0.3 is 25.0 Å². The van der Waals surface area contributed by atoms with Crippen LogP contribution in [0, 0.1) is 19.8 Å². The molecule has 4 atom stereocenters. The number of rotatable bonds is 11. The molecule has 0 aliphatic rings. The fourth-order valence-electron chi connectivity index (χ4n) is 4.06. The van der Waals surface area contributed by atoms with Gasteiger partial charge in [-0.2, -0.15) is 0 Å². The van der Waals surface area contributed by atoms with Crippen molar-refractivity contribution in [3.05, 3.63) is 34.9 Å². The Morgan fingerprint density at radius 1 is 1.00 bits per heavy atom. The quantitative estimate of drug-likeness (QED) is 0.424. The fourth-order valence-corrected chi connectivity index (χ4v) is 4.06. The van der Waals surface area contributed by atoms with Gasteiger partial charge in [0.2, 0.25) is 11.8 Å². The Labute approximate surface area is 221 Å². The van der Waals surface area contributed by atoms with Crippen molar-refractivity contribution >= 4 is 23.9 Å². The van der Waals surface area contributed by atoms with Crippen molar-refractivity contribution in [2.45, 2.75) is 98.9 Å². The number of benzene rings is 1. The van der Waals surface area contributed by atoms with E-state index in [0.29, 0.717) is 18.4 Å². The minimum atomic E-state index is -1.03. The lowest BCUT2D eigenvalue weighted by molar-refractivity contribution is -0.147. The normalized spacial score (nSPS) is 14.5. The lowest BCUT2D eigenvalue weighted by Gasteiger charge is -2.40. The zero-order chi connectivity index (χ0) is 28.5. The number of carbonyl (C=O) groups is 4. The zero-order valence-corrected chi connectivity index (χ0v) is 24.1. The van der Waals surface area contributed by atoms with Gasteiger partial charge >= 0.3 is 12.1 Å². The van der Waals surface area contributed by atoms with Crippen LogP contribution in [0.3, 0.4) is 0 Å². The maximum Gasteiger partial charge on any atom is 0.408 e. The van der Waals surface area contributed by atoms with Gasteiger partial charge in [-0.25, -0.2) is 4.79 Å². The minimum absolute atomic E-state index is 0.233. The van der Waals surface area contributed by atoms with Gasteiger partial charge in [0.15, 0.2) is 0 Å². The fraction of sp³-hybridized carbons (Fsp3) is 0.643. The first-order chi connectivity index (χ1) is 17.2. The van der Waals surface area contributed by atoms with E-state index >= 15 is 0 Å². The third kappa shape index (κ3) is 9.05. The highest BCUT2D eigenvalue weighted by Gasteiger charge is 2.41. The molecule has 0 radical (unpaired) electrons. The van der Waals surface area contributed by atoms with Crippen LogP contribution in [0.25, 0.3) is 0 Å². The number of hydrogen-bond acceptors (Lipinski definition) is 6. The van der Waals surface area contributed by atoms with Gasteiger partial charge in [-0.3, -0.25) is 14.4 Å². The first-order valence-electron chi connectivity index (χ1n) is 12.9. The summed E-state index contributed by atoms with van der Waals surface area (Å²) in [6.45, 7) is 16.3. The molecule has 208 valence electrons. The summed E-state index contributed by atoms with van der Waals surface area (Å²) in [6.07, 6.45) is 0.481. The highest BCUT2D eigenvalue weighted by molar-refractivity contribution is 5.94. The van der Waals surface area contributed by atoms with Crippen LogP contribution in [0.2, 0.25) is 0 Å².